The van der Waals surface area contributed by atoms with Crippen molar-refractivity contribution in [3.63, 3.8) is 0 Å². The Hall–Kier alpha value is -0.950. The Balaban J connectivity index is 2.85. The van der Waals surface area contributed by atoms with Crippen LogP contribution in [0.2, 0.25) is 0 Å². The molecular weight excluding hydrogens is 276 g/mol. The number of nitrogens with two attached hydrogens (primary N) is 1. The van der Waals surface area contributed by atoms with Gasteiger partial charge < -0.3 is 10.5 Å². The van der Waals surface area contributed by atoms with Gasteiger partial charge in [-0.3, -0.25) is 0 Å². The maximum absolute atomic E-state index is 12.4. The molecule has 0 unspecified atom stereocenters. The highest BCUT2D eigenvalue weighted by Crippen LogP contribution is 2.16. The summed E-state index contributed by atoms with van der Waals surface area (Å²) < 4.78 is 31.3. The number of likely N-dealkylation sites (N-methyl/N-ethyl adjacent to an activating group) is 1. The highest BCUT2D eigenvalue weighted by Gasteiger charge is 2.22. The third kappa shape index (κ3) is 4.56. The molecule has 1 aromatic carbocycles. The van der Waals surface area contributed by atoms with E-state index in [0.29, 0.717) is 31.1 Å². The van der Waals surface area contributed by atoms with Crippen LogP contribution >= 0.6 is 0 Å². The first-order chi connectivity index (χ1) is 9.56. The minimum absolute atomic E-state index is 0.326. The number of nitrogens with zero attached hydrogens (tertiary/aromatic N) is 1. The Morgan fingerprint density at radius 3 is 2.40 bits per heavy atom. The second kappa shape index (κ2) is 8.36. The van der Waals surface area contributed by atoms with E-state index in [1.165, 1.54) is 4.31 Å². The van der Waals surface area contributed by atoms with Crippen molar-refractivity contribution >= 4 is 10.0 Å². The smallest absolute Gasteiger partial charge is 0.243 e. The first-order valence-corrected chi connectivity index (χ1v) is 8.28. The number of sulfonamides is 1. The summed E-state index contributed by atoms with van der Waals surface area (Å²) >= 11 is 0. The Kier molecular flexibility index (Phi) is 7.15. The molecule has 0 fully saturated rings. The van der Waals surface area contributed by atoms with Gasteiger partial charge in [0, 0.05) is 20.2 Å². The largest absolute Gasteiger partial charge is 0.383 e. The molecule has 0 saturated heterocycles. The van der Waals surface area contributed by atoms with Crippen LogP contribution in [0.25, 0.3) is 0 Å². The van der Waals surface area contributed by atoms with Gasteiger partial charge in [0.05, 0.1) is 11.5 Å². The molecule has 0 amide bonds. The summed E-state index contributed by atoms with van der Waals surface area (Å²) in [6, 6.07) is 7.03. The number of methoxy groups -OCH3 is 1. The van der Waals surface area contributed by atoms with Crippen molar-refractivity contribution in [2.75, 3.05) is 33.4 Å². The molecule has 0 bridgehead atoms. The van der Waals surface area contributed by atoms with E-state index in [9.17, 15) is 8.42 Å². The van der Waals surface area contributed by atoms with Gasteiger partial charge in [0.1, 0.15) is 0 Å². The number of benzene rings is 1. The molecule has 0 spiro atoms. The minimum atomic E-state index is -3.43. The topological polar surface area (TPSA) is 72.6 Å². The number of aryl methyl sites for hydroxylation is 1. The van der Waals surface area contributed by atoms with Crippen LogP contribution in [0.3, 0.4) is 0 Å². The van der Waals surface area contributed by atoms with Crippen LogP contribution in [0.4, 0.5) is 0 Å². The number of rotatable bonds is 9. The van der Waals surface area contributed by atoms with Crippen LogP contribution in [0.15, 0.2) is 29.2 Å². The lowest BCUT2D eigenvalue weighted by atomic mass is 10.1. The zero-order valence-corrected chi connectivity index (χ0v) is 13.0. The van der Waals surface area contributed by atoms with E-state index in [-0.39, 0.29) is 0 Å². The van der Waals surface area contributed by atoms with E-state index >= 15 is 0 Å². The van der Waals surface area contributed by atoms with E-state index < -0.39 is 10.0 Å². The quantitative estimate of drug-likeness (QED) is 0.744. The lowest BCUT2D eigenvalue weighted by Crippen LogP contribution is -2.33. The zero-order valence-electron chi connectivity index (χ0n) is 12.2. The number of hydrogen-bond acceptors (Lipinski definition) is 4. The number of hydrogen-bond donors (Lipinski definition) is 1. The molecule has 0 radical (unpaired) electrons. The number of ether oxygens (including phenoxy) is 1. The van der Waals surface area contributed by atoms with E-state index in [4.69, 9.17) is 10.5 Å². The van der Waals surface area contributed by atoms with Crippen molar-refractivity contribution < 1.29 is 13.2 Å². The van der Waals surface area contributed by atoms with Crippen molar-refractivity contribution in [3.8, 4) is 0 Å². The molecule has 1 aromatic rings. The van der Waals surface area contributed by atoms with Gasteiger partial charge in [-0.15, -0.1) is 0 Å². The maximum Gasteiger partial charge on any atom is 0.243 e. The summed E-state index contributed by atoms with van der Waals surface area (Å²) in [6.45, 7) is 3.65. The fourth-order valence-corrected chi connectivity index (χ4v) is 3.36. The molecule has 0 atom stereocenters. The van der Waals surface area contributed by atoms with Gasteiger partial charge in [-0.2, -0.15) is 4.31 Å². The molecule has 0 aliphatic heterocycles. The van der Waals surface area contributed by atoms with Crippen LogP contribution in [-0.2, 0) is 21.2 Å². The van der Waals surface area contributed by atoms with Crippen LogP contribution in [0.5, 0.6) is 0 Å². The van der Waals surface area contributed by atoms with Crippen molar-refractivity contribution in [2.45, 2.75) is 24.7 Å². The molecule has 0 heterocycles. The maximum atomic E-state index is 12.4. The van der Waals surface area contributed by atoms with Crippen molar-refractivity contribution in [1.82, 2.24) is 4.31 Å². The Bertz CT molecular complexity index is 486. The fourth-order valence-electron chi connectivity index (χ4n) is 1.92. The summed E-state index contributed by atoms with van der Waals surface area (Å²) in [5, 5.41) is 0. The van der Waals surface area contributed by atoms with Crippen LogP contribution < -0.4 is 5.73 Å². The Labute approximate surface area is 121 Å². The van der Waals surface area contributed by atoms with Gasteiger partial charge in [0.2, 0.25) is 10.0 Å². The molecule has 0 saturated carbocycles. The Morgan fingerprint density at radius 2 is 1.90 bits per heavy atom. The SMILES string of the molecule is CCN(CCOC)S(=O)(=O)c1ccc(CCCN)cc1. The summed E-state index contributed by atoms with van der Waals surface area (Å²) in [7, 11) is -1.87. The molecule has 1 rings (SSSR count). The predicted octanol–water partition coefficient (Wildman–Crippen LogP) is 1.23. The third-order valence-electron chi connectivity index (χ3n) is 3.13. The zero-order chi connectivity index (χ0) is 15.0. The summed E-state index contributed by atoms with van der Waals surface area (Å²) in [5.41, 5.74) is 6.57. The van der Waals surface area contributed by atoms with E-state index in [1.807, 2.05) is 19.1 Å². The average Bonchev–Trinajstić information content (AvgIpc) is 2.46. The van der Waals surface area contributed by atoms with E-state index in [0.717, 1.165) is 18.4 Å². The molecule has 2 N–H and O–H groups in total. The lowest BCUT2D eigenvalue weighted by Gasteiger charge is -2.20. The monoisotopic (exact) mass is 300 g/mol. The van der Waals surface area contributed by atoms with Crippen LogP contribution in [-0.4, -0.2) is 46.1 Å². The summed E-state index contributed by atoms with van der Waals surface area (Å²) in [5.74, 6) is 0. The highest BCUT2D eigenvalue weighted by atomic mass is 32.2. The summed E-state index contributed by atoms with van der Waals surface area (Å²) in [4.78, 5) is 0.326. The standard InChI is InChI=1S/C14H24N2O3S/c1-3-16(11-12-19-2)20(17,18)14-8-6-13(7-9-14)5-4-10-15/h6-9H,3-5,10-12,15H2,1-2H3. The molecule has 20 heavy (non-hydrogen) atoms. The predicted molar refractivity (Wildman–Crippen MR) is 80.1 cm³/mol. The summed E-state index contributed by atoms with van der Waals surface area (Å²) in [6.07, 6.45) is 1.78. The van der Waals surface area contributed by atoms with Gasteiger partial charge in [0.25, 0.3) is 0 Å². The normalized spacial score (nSPS) is 12.0. The van der Waals surface area contributed by atoms with Crippen LogP contribution in [0.1, 0.15) is 18.9 Å². The molecule has 0 aliphatic carbocycles. The minimum Gasteiger partial charge on any atom is -0.383 e. The van der Waals surface area contributed by atoms with Crippen molar-refractivity contribution in [3.05, 3.63) is 29.8 Å². The molecule has 5 nitrogen and oxygen atoms in total. The van der Waals surface area contributed by atoms with Gasteiger partial charge in [-0.05, 0) is 37.1 Å². The second-order valence-electron chi connectivity index (χ2n) is 4.53. The van der Waals surface area contributed by atoms with Crippen molar-refractivity contribution in [2.24, 2.45) is 5.73 Å². The molecule has 0 aromatic heterocycles. The molecule has 0 aliphatic rings. The van der Waals surface area contributed by atoms with Crippen molar-refractivity contribution in [1.29, 1.82) is 0 Å². The average molecular weight is 300 g/mol. The first-order valence-electron chi connectivity index (χ1n) is 6.84. The molecule has 6 heteroatoms. The second-order valence-corrected chi connectivity index (χ2v) is 6.46. The fraction of sp³-hybridized carbons (Fsp3) is 0.571. The van der Waals surface area contributed by atoms with E-state index in [2.05, 4.69) is 0 Å². The first kappa shape index (κ1) is 17.1. The Morgan fingerprint density at radius 1 is 1.25 bits per heavy atom. The van der Waals surface area contributed by atoms with Gasteiger partial charge in [-0.25, -0.2) is 8.42 Å². The van der Waals surface area contributed by atoms with E-state index in [1.54, 1.807) is 19.2 Å². The van der Waals surface area contributed by atoms with Gasteiger partial charge >= 0.3 is 0 Å². The van der Waals surface area contributed by atoms with Gasteiger partial charge in [-0.1, -0.05) is 19.1 Å². The van der Waals surface area contributed by atoms with Gasteiger partial charge in [0.15, 0.2) is 0 Å². The lowest BCUT2D eigenvalue weighted by molar-refractivity contribution is 0.180. The molecule has 114 valence electrons. The third-order valence-corrected chi connectivity index (χ3v) is 5.12. The van der Waals surface area contributed by atoms with Crippen LogP contribution in [0, 0.1) is 0 Å². The molecular formula is C14H24N2O3S. The highest BCUT2D eigenvalue weighted by molar-refractivity contribution is 7.89.